The lowest BCUT2D eigenvalue weighted by atomic mass is 10.4. The summed E-state index contributed by atoms with van der Waals surface area (Å²) in [6, 6.07) is 0. The molecule has 2 atom stereocenters. The summed E-state index contributed by atoms with van der Waals surface area (Å²) in [6.07, 6.45) is 7.20. The van der Waals surface area contributed by atoms with Gasteiger partial charge in [0.2, 0.25) is 0 Å². The van der Waals surface area contributed by atoms with Gasteiger partial charge in [-0.2, -0.15) is 0 Å². The van der Waals surface area contributed by atoms with Crippen LogP contribution in [-0.2, 0) is 26.6 Å². The molecule has 0 radical (unpaired) electrons. The first-order valence-electron chi connectivity index (χ1n) is 13.6. The number of rotatable bonds is 24. The molecule has 0 bridgehead atoms. The number of nitrogens with one attached hydrogen (secondary N) is 1. The van der Waals surface area contributed by atoms with Crippen LogP contribution < -0.4 is 5.32 Å². The Hall–Kier alpha value is 0.154. The maximum absolute atomic E-state index is 6.46. The van der Waals surface area contributed by atoms with Crippen molar-refractivity contribution in [2.75, 3.05) is 39.6 Å². The molecule has 1 N–H and O–H groups in total. The van der Waals surface area contributed by atoms with Crippen molar-refractivity contribution >= 4 is 17.6 Å². The van der Waals surface area contributed by atoms with Crippen LogP contribution in [0.1, 0.15) is 107 Å². The predicted molar refractivity (Wildman–Crippen MR) is 140 cm³/mol. The lowest BCUT2D eigenvalue weighted by Gasteiger charge is -2.41. The molecule has 0 aromatic heterocycles. The normalized spacial score (nSPS) is 14.5. The van der Waals surface area contributed by atoms with Crippen LogP contribution in [0, 0.1) is 0 Å². The molecule has 7 nitrogen and oxygen atoms in total. The average Bonchev–Trinajstić information content (AvgIpc) is 2.85. The van der Waals surface area contributed by atoms with Gasteiger partial charge >= 0.3 is 17.6 Å². The van der Waals surface area contributed by atoms with Crippen molar-refractivity contribution in [2.24, 2.45) is 0 Å². The lowest BCUT2D eigenvalue weighted by molar-refractivity contribution is 0.0331. The second-order valence-electron chi connectivity index (χ2n) is 8.39. The van der Waals surface area contributed by atoms with Gasteiger partial charge in [0.15, 0.2) is 0 Å². The van der Waals surface area contributed by atoms with Crippen LogP contribution >= 0.6 is 0 Å². The summed E-state index contributed by atoms with van der Waals surface area (Å²) in [5.41, 5.74) is -0.112. The van der Waals surface area contributed by atoms with Crippen LogP contribution in [0.15, 0.2) is 0 Å². The van der Waals surface area contributed by atoms with E-state index in [1.54, 1.807) is 0 Å². The van der Waals surface area contributed by atoms with E-state index in [-0.39, 0.29) is 11.3 Å². The zero-order chi connectivity index (χ0) is 25.0. The predicted octanol–water partition coefficient (Wildman–Crippen LogP) is 5.65. The molecule has 0 aromatic rings. The first-order valence-corrected chi connectivity index (χ1v) is 17.2. The average molecular weight is 510 g/mol. The van der Waals surface area contributed by atoms with Gasteiger partial charge < -0.3 is 31.9 Å². The quantitative estimate of drug-likeness (QED) is 0.169. The van der Waals surface area contributed by atoms with Gasteiger partial charge in [-0.25, -0.2) is 0 Å². The van der Waals surface area contributed by atoms with E-state index in [1.807, 2.05) is 0 Å². The maximum atomic E-state index is 6.46. The van der Waals surface area contributed by atoms with Gasteiger partial charge in [-0.3, -0.25) is 0 Å². The Morgan fingerprint density at radius 3 is 0.788 bits per heavy atom. The monoisotopic (exact) mass is 509 g/mol. The van der Waals surface area contributed by atoms with Gasteiger partial charge in [0.05, 0.1) is 11.3 Å². The van der Waals surface area contributed by atoms with Crippen LogP contribution in [0.5, 0.6) is 0 Å². The Balaban J connectivity index is 6.13. The molecule has 2 unspecified atom stereocenters. The van der Waals surface area contributed by atoms with Crippen molar-refractivity contribution in [3.8, 4) is 0 Å². The fraction of sp³-hybridized carbons (Fsp3) is 1.00. The molecule has 0 spiro atoms. The third-order valence-electron chi connectivity index (χ3n) is 5.12. The minimum atomic E-state index is -3.00. The molecule has 200 valence electrons. The number of hydrogen-bond acceptors (Lipinski definition) is 7. The zero-order valence-electron chi connectivity index (χ0n) is 23.0. The van der Waals surface area contributed by atoms with Gasteiger partial charge in [-0.05, 0) is 51.4 Å². The highest BCUT2D eigenvalue weighted by Crippen LogP contribution is 2.25. The Bertz CT molecular complexity index is 366. The van der Waals surface area contributed by atoms with Crippen molar-refractivity contribution in [2.45, 2.75) is 118 Å². The van der Waals surface area contributed by atoms with Crippen molar-refractivity contribution in [1.29, 1.82) is 0 Å². The highest BCUT2D eigenvalue weighted by atomic mass is 28.4. The molecule has 0 heterocycles. The second kappa shape index (κ2) is 20.4. The minimum Gasteiger partial charge on any atom is -0.373 e. The Morgan fingerprint density at radius 2 is 0.636 bits per heavy atom. The maximum Gasteiger partial charge on any atom is 0.518 e. The van der Waals surface area contributed by atoms with Crippen LogP contribution in [-0.4, -0.2) is 68.6 Å². The van der Waals surface area contributed by atoms with Gasteiger partial charge in [-0.1, -0.05) is 55.4 Å². The summed E-state index contributed by atoms with van der Waals surface area (Å²) in [6.45, 7) is 20.8. The van der Waals surface area contributed by atoms with Crippen molar-refractivity contribution < 1.29 is 26.6 Å². The van der Waals surface area contributed by atoms with Crippen LogP contribution in [0.3, 0.4) is 0 Å². The molecule has 0 saturated carbocycles. The van der Waals surface area contributed by atoms with E-state index in [4.69, 9.17) is 26.6 Å². The SMILES string of the molecule is CCCO[Si](OCCC)(OCCC)C(CC)NC(CC)[Si](OCCC)(OCCC)OCCC. The molecule has 0 rings (SSSR count). The Kier molecular flexibility index (Phi) is 20.5. The molecular weight excluding hydrogens is 454 g/mol. The van der Waals surface area contributed by atoms with Gasteiger partial charge in [0.1, 0.15) is 0 Å². The Morgan fingerprint density at radius 1 is 0.424 bits per heavy atom. The summed E-state index contributed by atoms with van der Waals surface area (Å²) in [5.74, 6) is 0. The molecule has 33 heavy (non-hydrogen) atoms. The van der Waals surface area contributed by atoms with Crippen LogP contribution in [0.2, 0.25) is 0 Å². The zero-order valence-corrected chi connectivity index (χ0v) is 25.0. The summed E-state index contributed by atoms with van der Waals surface area (Å²) in [4.78, 5) is 0. The third kappa shape index (κ3) is 11.6. The van der Waals surface area contributed by atoms with Gasteiger partial charge in [-0.15, -0.1) is 0 Å². The van der Waals surface area contributed by atoms with Gasteiger partial charge in [0, 0.05) is 39.6 Å². The highest BCUT2D eigenvalue weighted by Gasteiger charge is 2.55. The topological polar surface area (TPSA) is 67.4 Å². The molecule has 0 aliphatic carbocycles. The van der Waals surface area contributed by atoms with Gasteiger partial charge in [0.25, 0.3) is 0 Å². The molecule has 0 aliphatic heterocycles. The summed E-state index contributed by atoms with van der Waals surface area (Å²) in [5, 5.41) is 3.86. The lowest BCUT2D eigenvalue weighted by Crippen LogP contribution is -2.70. The molecule has 0 saturated heterocycles. The summed E-state index contributed by atoms with van der Waals surface area (Å²) < 4.78 is 38.8. The van der Waals surface area contributed by atoms with E-state index in [2.05, 4.69) is 60.7 Å². The first kappa shape index (κ1) is 33.2. The van der Waals surface area contributed by atoms with E-state index < -0.39 is 17.6 Å². The van der Waals surface area contributed by atoms with E-state index in [0.29, 0.717) is 39.6 Å². The summed E-state index contributed by atoms with van der Waals surface area (Å²) in [7, 11) is -5.99. The molecule has 0 aromatic carbocycles. The molecule has 9 heteroatoms. The fourth-order valence-corrected chi connectivity index (χ4v) is 10.1. The second-order valence-corrected chi connectivity index (χ2v) is 13.9. The molecule has 0 amide bonds. The van der Waals surface area contributed by atoms with E-state index in [0.717, 1.165) is 51.4 Å². The van der Waals surface area contributed by atoms with Crippen LogP contribution in [0.25, 0.3) is 0 Å². The largest absolute Gasteiger partial charge is 0.518 e. The third-order valence-corrected chi connectivity index (χ3v) is 11.6. The molecular formula is C24H55NO6Si2. The van der Waals surface area contributed by atoms with E-state index >= 15 is 0 Å². The van der Waals surface area contributed by atoms with Crippen LogP contribution in [0.4, 0.5) is 0 Å². The van der Waals surface area contributed by atoms with Crippen molar-refractivity contribution in [1.82, 2.24) is 5.32 Å². The van der Waals surface area contributed by atoms with E-state index in [9.17, 15) is 0 Å². The van der Waals surface area contributed by atoms with Crippen molar-refractivity contribution in [3.05, 3.63) is 0 Å². The molecule has 0 aliphatic rings. The summed E-state index contributed by atoms with van der Waals surface area (Å²) >= 11 is 0. The smallest absolute Gasteiger partial charge is 0.373 e. The number of hydrogen-bond donors (Lipinski definition) is 1. The first-order chi connectivity index (χ1) is 16.0. The van der Waals surface area contributed by atoms with E-state index in [1.165, 1.54) is 0 Å². The fourth-order valence-electron chi connectivity index (χ4n) is 3.50. The molecule has 0 fully saturated rings. The van der Waals surface area contributed by atoms with Crippen molar-refractivity contribution in [3.63, 3.8) is 0 Å². The minimum absolute atomic E-state index is 0.0559. The highest BCUT2D eigenvalue weighted by molar-refractivity contribution is 6.64. The Labute approximate surface area is 207 Å². The standard InChI is InChI=1S/C24H55NO6Si2/c1-9-17-26-32(27-18-10-2,28-19-11-3)23(15-7)25-24(16-8)33(29-20-12-4,30-21-13-5)31-22-14-6/h23-25H,9-22H2,1-8H3.